The van der Waals surface area contributed by atoms with Gasteiger partial charge in [-0.2, -0.15) is 0 Å². The number of nitrogens with two attached hydrogens (primary N) is 1. The van der Waals surface area contributed by atoms with Crippen LogP contribution in [0.5, 0.6) is 5.75 Å². The molecule has 0 unspecified atom stereocenters. The van der Waals surface area contributed by atoms with Gasteiger partial charge in [-0.05, 0) is 18.2 Å². The number of carboxylic acids is 1. The number of carbonyl (C=O) groups excluding carboxylic acids is 1. The number of rotatable bonds is 4. The third kappa shape index (κ3) is 3.14. The molecular formula is C9H8ClNO4. The molecule has 1 rings (SSSR count). The van der Waals surface area contributed by atoms with Crippen molar-refractivity contribution in [2.24, 2.45) is 5.73 Å². The van der Waals surface area contributed by atoms with E-state index in [1.165, 1.54) is 18.2 Å². The summed E-state index contributed by atoms with van der Waals surface area (Å²) in [4.78, 5) is 21.2. The zero-order chi connectivity index (χ0) is 11.4. The third-order valence-electron chi connectivity index (χ3n) is 1.54. The van der Waals surface area contributed by atoms with Crippen LogP contribution in [0.25, 0.3) is 0 Å². The second-order valence-electron chi connectivity index (χ2n) is 2.70. The number of halogens is 1. The Hall–Kier alpha value is -1.75. The number of aromatic carboxylic acids is 1. The molecule has 1 aromatic rings. The average Bonchev–Trinajstić information content (AvgIpc) is 2.14. The second kappa shape index (κ2) is 4.65. The molecule has 0 aromatic heterocycles. The Labute approximate surface area is 90.4 Å². The molecule has 0 spiro atoms. The Morgan fingerprint density at radius 2 is 2.13 bits per heavy atom. The molecule has 0 heterocycles. The first-order chi connectivity index (χ1) is 7.00. The molecule has 1 amide bonds. The van der Waals surface area contributed by atoms with Crippen molar-refractivity contribution in [3.05, 3.63) is 28.8 Å². The van der Waals surface area contributed by atoms with Crippen LogP contribution < -0.4 is 10.5 Å². The van der Waals surface area contributed by atoms with Crippen LogP contribution in [-0.4, -0.2) is 23.6 Å². The Kier molecular flexibility index (Phi) is 3.51. The van der Waals surface area contributed by atoms with Crippen LogP contribution in [0.2, 0.25) is 5.02 Å². The summed E-state index contributed by atoms with van der Waals surface area (Å²) in [5.74, 6) is -1.83. The summed E-state index contributed by atoms with van der Waals surface area (Å²) in [6, 6.07) is 4.02. The standard InChI is InChI=1S/C9H8ClNO4/c10-5-1-2-6(9(13)14)7(3-5)15-4-8(11)12/h1-3H,4H2,(H2,11,12)(H,13,14). The van der Waals surface area contributed by atoms with Crippen molar-refractivity contribution < 1.29 is 19.4 Å². The maximum atomic E-state index is 10.7. The van der Waals surface area contributed by atoms with Gasteiger partial charge in [-0.15, -0.1) is 0 Å². The molecular weight excluding hydrogens is 222 g/mol. The number of ether oxygens (including phenoxy) is 1. The monoisotopic (exact) mass is 229 g/mol. The predicted octanol–water partition coefficient (Wildman–Crippen LogP) is 0.902. The summed E-state index contributed by atoms with van der Waals surface area (Å²) >= 11 is 5.65. The van der Waals surface area contributed by atoms with Gasteiger partial charge >= 0.3 is 5.97 Å². The van der Waals surface area contributed by atoms with Crippen molar-refractivity contribution in [3.8, 4) is 5.75 Å². The lowest BCUT2D eigenvalue weighted by Gasteiger charge is -2.07. The number of carbonyl (C=O) groups is 2. The number of hydrogen-bond acceptors (Lipinski definition) is 3. The summed E-state index contributed by atoms with van der Waals surface area (Å²) in [6.07, 6.45) is 0. The Balaban J connectivity index is 2.96. The zero-order valence-electron chi connectivity index (χ0n) is 7.57. The van der Waals surface area contributed by atoms with Crippen molar-refractivity contribution in [1.82, 2.24) is 0 Å². The summed E-state index contributed by atoms with van der Waals surface area (Å²) in [7, 11) is 0. The van der Waals surface area contributed by atoms with Crippen LogP contribution in [0.15, 0.2) is 18.2 Å². The molecule has 6 heteroatoms. The quantitative estimate of drug-likeness (QED) is 0.803. The van der Waals surface area contributed by atoms with Gasteiger partial charge in [-0.25, -0.2) is 4.79 Å². The minimum Gasteiger partial charge on any atom is -0.483 e. The smallest absolute Gasteiger partial charge is 0.339 e. The van der Waals surface area contributed by atoms with Crippen LogP contribution in [0.4, 0.5) is 0 Å². The van der Waals surface area contributed by atoms with E-state index < -0.39 is 11.9 Å². The van der Waals surface area contributed by atoms with Crippen LogP contribution in [0.1, 0.15) is 10.4 Å². The van der Waals surface area contributed by atoms with E-state index in [9.17, 15) is 9.59 Å². The van der Waals surface area contributed by atoms with Crippen LogP contribution >= 0.6 is 11.6 Å². The normalized spacial score (nSPS) is 9.67. The third-order valence-corrected chi connectivity index (χ3v) is 1.78. The van der Waals surface area contributed by atoms with Crippen molar-refractivity contribution in [3.63, 3.8) is 0 Å². The largest absolute Gasteiger partial charge is 0.483 e. The molecule has 0 aliphatic carbocycles. The summed E-state index contributed by atoms with van der Waals surface area (Å²) in [5, 5.41) is 9.10. The number of carboxylic acid groups (broad SMARTS) is 1. The van der Waals surface area contributed by atoms with E-state index in [2.05, 4.69) is 0 Å². The van der Waals surface area contributed by atoms with Crippen molar-refractivity contribution in [2.45, 2.75) is 0 Å². The van der Waals surface area contributed by atoms with E-state index in [1.807, 2.05) is 0 Å². The summed E-state index contributed by atoms with van der Waals surface area (Å²) in [6.45, 7) is -0.388. The molecule has 0 aliphatic heterocycles. The lowest BCUT2D eigenvalue weighted by Crippen LogP contribution is -2.20. The molecule has 0 radical (unpaired) electrons. The van der Waals surface area contributed by atoms with Gasteiger partial charge in [-0.1, -0.05) is 11.6 Å². The molecule has 80 valence electrons. The number of hydrogen-bond donors (Lipinski definition) is 2. The van der Waals surface area contributed by atoms with Crippen molar-refractivity contribution in [1.29, 1.82) is 0 Å². The van der Waals surface area contributed by atoms with E-state index in [0.29, 0.717) is 5.02 Å². The van der Waals surface area contributed by atoms with Gasteiger partial charge in [-0.3, -0.25) is 4.79 Å². The highest BCUT2D eigenvalue weighted by Crippen LogP contribution is 2.23. The topological polar surface area (TPSA) is 89.6 Å². The van der Waals surface area contributed by atoms with Gasteiger partial charge in [0.15, 0.2) is 6.61 Å². The van der Waals surface area contributed by atoms with E-state index in [1.54, 1.807) is 0 Å². The minimum atomic E-state index is -1.16. The first-order valence-electron chi connectivity index (χ1n) is 3.94. The van der Waals surface area contributed by atoms with Crippen LogP contribution in [0.3, 0.4) is 0 Å². The Bertz CT molecular complexity index is 405. The predicted molar refractivity (Wildman–Crippen MR) is 53.1 cm³/mol. The Morgan fingerprint density at radius 3 is 2.67 bits per heavy atom. The number of benzene rings is 1. The second-order valence-corrected chi connectivity index (χ2v) is 3.14. The first kappa shape index (κ1) is 11.3. The van der Waals surface area contributed by atoms with Crippen molar-refractivity contribution >= 4 is 23.5 Å². The summed E-state index contributed by atoms with van der Waals surface area (Å²) in [5.41, 5.74) is 4.79. The maximum Gasteiger partial charge on any atom is 0.339 e. The van der Waals surface area contributed by atoms with Gasteiger partial charge in [0.25, 0.3) is 5.91 Å². The van der Waals surface area contributed by atoms with Gasteiger partial charge in [0.05, 0.1) is 0 Å². The van der Waals surface area contributed by atoms with Gasteiger partial charge in [0.2, 0.25) is 0 Å². The average molecular weight is 230 g/mol. The fraction of sp³-hybridized carbons (Fsp3) is 0.111. The summed E-state index contributed by atoms with van der Waals surface area (Å²) < 4.78 is 4.90. The van der Waals surface area contributed by atoms with Crippen molar-refractivity contribution in [2.75, 3.05) is 6.61 Å². The maximum absolute atomic E-state index is 10.7. The zero-order valence-corrected chi connectivity index (χ0v) is 8.32. The SMILES string of the molecule is NC(=O)COc1cc(Cl)ccc1C(=O)O. The van der Waals surface area contributed by atoms with E-state index in [4.69, 9.17) is 27.2 Å². The molecule has 0 bridgehead atoms. The highest BCUT2D eigenvalue weighted by atomic mass is 35.5. The van der Waals surface area contributed by atoms with E-state index in [0.717, 1.165) is 0 Å². The molecule has 5 nitrogen and oxygen atoms in total. The van der Waals surface area contributed by atoms with Gasteiger partial charge in [0, 0.05) is 5.02 Å². The molecule has 3 N–H and O–H groups in total. The minimum absolute atomic E-state index is 0.0220. The molecule has 1 aromatic carbocycles. The fourth-order valence-electron chi connectivity index (χ4n) is 0.941. The first-order valence-corrected chi connectivity index (χ1v) is 4.32. The highest BCUT2D eigenvalue weighted by molar-refractivity contribution is 6.30. The fourth-order valence-corrected chi connectivity index (χ4v) is 1.10. The van der Waals surface area contributed by atoms with Gasteiger partial charge in [0.1, 0.15) is 11.3 Å². The lowest BCUT2D eigenvalue weighted by atomic mass is 10.2. The highest BCUT2D eigenvalue weighted by Gasteiger charge is 2.12. The van der Waals surface area contributed by atoms with E-state index in [-0.39, 0.29) is 17.9 Å². The molecule has 15 heavy (non-hydrogen) atoms. The van der Waals surface area contributed by atoms with Crippen LogP contribution in [0, 0.1) is 0 Å². The van der Waals surface area contributed by atoms with Crippen LogP contribution in [-0.2, 0) is 4.79 Å². The number of primary amides is 1. The molecule has 0 fully saturated rings. The number of amides is 1. The van der Waals surface area contributed by atoms with Gasteiger partial charge < -0.3 is 15.6 Å². The Morgan fingerprint density at radius 1 is 1.47 bits per heavy atom. The van der Waals surface area contributed by atoms with E-state index >= 15 is 0 Å². The molecule has 0 saturated heterocycles. The molecule has 0 aliphatic rings. The lowest BCUT2D eigenvalue weighted by molar-refractivity contribution is -0.119. The molecule has 0 saturated carbocycles. The molecule has 0 atom stereocenters.